The van der Waals surface area contributed by atoms with Gasteiger partial charge in [0.25, 0.3) is 17.5 Å². The number of carbonyl (C=O) groups is 8. The lowest BCUT2D eigenvalue weighted by molar-refractivity contribution is -0.384. The highest BCUT2D eigenvalue weighted by atomic mass is 16.7. The summed E-state index contributed by atoms with van der Waals surface area (Å²) in [6, 6.07) is 22.8. The number of nitrogens with zero attached hydrogens (tertiary/aromatic N) is 3. The van der Waals surface area contributed by atoms with Crippen molar-refractivity contribution in [2.24, 2.45) is 5.92 Å². The smallest absolute Gasteiger partial charge is 0.448 e. The topological polar surface area (TPSA) is 271 Å². The van der Waals surface area contributed by atoms with E-state index in [0.717, 1.165) is 51.4 Å². The first-order chi connectivity index (χ1) is 35.2. The first-order valence-corrected chi connectivity index (χ1v) is 23.8. The minimum absolute atomic E-state index is 0.00970. The second-order valence-electron chi connectivity index (χ2n) is 18.9. The summed E-state index contributed by atoms with van der Waals surface area (Å²) in [5, 5.41) is 21.9. The number of hydrogen-bond donors (Lipinski definition) is 4. The van der Waals surface area contributed by atoms with Crippen molar-refractivity contribution in [3.05, 3.63) is 136 Å². The van der Waals surface area contributed by atoms with Gasteiger partial charge in [0.2, 0.25) is 17.7 Å². The van der Waals surface area contributed by atoms with Crippen molar-refractivity contribution in [1.82, 2.24) is 25.8 Å². The molecule has 2 aliphatic rings. The van der Waals surface area contributed by atoms with Crippen LogP contribution < -0.4 is 26.0 Å². The lowest BCUT2D eigenvalue weighted by Gasteiger charge is -2.26. The Labute approximate surface area is 427 Å². The van der Waals surface area contributed by atoms with E-state index in [0.29, 0.717) is 24.0 Å². The van der Waals surface area contributed by atoms with Crippen LogP contribution in [0, 0.1) is 16.0 Å². The molecule has 1 heterocycles. The number of non-ortho nitro benzene ring substituents is 1. The van der Waals surface area contributed by atoms with E-state index in [-0.39, 0.29) is 55.8 Å². The molecule has 0 saturated carbocycles. The Morgan fingerprint density at radius 1 is 0.797 bits per heavy atom. The highest BCUT2D eigenvalue weighted by molar-refractivity contribution is 6.14. The number of nitro groups is 1. The fourth-order valence-corrected chi connectivity index (χ4v) is 8.14. The van der Waals surface area contributed by atoms with Crippen molar-refractivity contribution in [2.75, 3.05) is 32.1 Å². The summed E-state index contributed by atoms with van der Waals surface area (Å²) in [5.74, 6) is -4.26. The zero-order chi connectivity index (χ0) is 53.7. The van der Waals surface area contributed by atoms with Gasteiger partial charge in [0.05, 0.1) is 4.92 Å². The molecule has 0 fully saturated rings. The first-order valence-electron chi connectivity index (χ1n) is 23.8. The van der Waals surface area contributed by atoms with Crippen LogP contribution in [0.15, 0.2) is 103 Å². The molecule has 1 aliphatic carbocycles. The molecule has 1 aliphatic heterocycles. The number of benzene rings is 4. The molecule has 74 heavy (non-hydrogen) atoms. The highest BCUT2D eigenvalue weighted by Gasteiger charge is 2.33. The van der Waals surface area contributed by atoms with Crippen molar-refractivity contribution >= 4 is 59.3 Å². The minimum Gasteiger partial charge on any atom is -0.448 e. The number of nitrogens with one attached hydrogen (secondary N) is 4. The molecule has 0 aromatic heterocycles. The quantitative estimate of drug-likeness (QED) is 0.0126. The third-order valence-electron chi connectivity index (χ3n) is 11.8. The summed E-state index contributed by atoms with van der Waals surface area (Å²) in [5.41, 5.74) is 4.25. The molecule has 21 nitrogen and oxygen atoms in total. The molecular weight excluding hydrogens is 959 g/mol. The van der Waals surface area contributed by atoms with Crippen LogP contribution in [0.1, 0.15) is 82.1 Å². The molecular formula is C53H59N7O14. The number of nitro benzene ring substituents is 1. The van der Waals surface area contributed by atoms with E-state index in [1.165, 1.54) is 30.1 Å². The van der Waals surface area contributed by atoms with Crippen molar-refractivity contribution in [2.45, 2.75) is 90.6 Å². The third-order valence-corrected chi connectivity index (χ3v) is 11.8. The van der Waals surface area contributed by atoms with Crippen LogP contribution in [0.2, 0.25) is 0 Å². The Balaban J connectivity index is 1.19. The Hall–Kier alpha value is -8.62. The highest BCUT2D eigenvalue weighted by Crippen LogP contribution is 2.44. The average molecular weight is 1020 g/mol. The Morgan fingerprint density at radius 2 is 1.43 bits per heavy atom. The van der Waals surface area contributed by atoms with Gasteiger partial charge in [0, 0.05) is 56.0 Å². The molecule has 6 rings (SSSR count). The van der Waals surface area contributed by atoms with Gasteiger partial charge < -0.3 is 45.1 Å². The van der Waals surface area contributed by atoms with Crippen LogP contribution in [-0.2, 0) is 51.3 Å². The van der Waals surface area contributed by atoms with Gasteiger partial charge in [-0.1, -0.05) is 68.4 Å². The van der Waals surface area contributed by atoms with E-state index in [9.17, 15) is 48.5 Å². The second-order valence-corrected chi connectivity index (χ2v) is 18.9. The predicted molar refractivity (Wildman–Crippen MR) is 268 cm³/mol. The van der Waals surface area contributed by atoms with Gasteiger partial charge >= 0.3 is 18.3 Å². The third kappa shape index (κ3) is 15.0. The molecule has 2 atom stereocenters. The first kappa shape index (κ1) is 54.7. The zero-order valence-corrected chi connectivity index (χ0v) is 41.8. The molecule has 0 bridgehead atoms. The fourth-order valence-electron chi connectivity index (χ4n) is 8.14. The molecule has 21 heteroatoms. The summed E-state index contributed by atoms with van der Waals surface area (Å²) < 4.78 is 21.8. The molecule has 0 radical (unpaired) electrons. The molecule has 7 amide bonds. The predicted octanol–water partition coefficient (Wildman–Crippen LogP) is 6.88. The zero-order valence-electron chi connectivity index (χ0n) is 41.8. The molecule has 4 aromatic carbocycles. The van der Waals surface area contributed by atoms with Crippen molar-refractivity contribution < 1.29 is 62.2 Å². The molecule has 0 spiro atoms. The molecule has 0 unspecified atom stereocenters. The van der Waals surface area contributed by atoms with E-state index in [1.54, 1.807) is 46.8 Å². The fraction of sp³-hybridized carbons (Fsp3) is 0.358. The molecule has 4 aromatic rings. The summed E-state index contributed by atoms with van der Waals surface area (Å²) >= 11 is 0. The number of anilines is 1. The van der Waals surface area contributed by atoms with E-state index in [4.69, 9.17) is 18.9 Å². The minimum atomic E-state index is -1.21. The maximum atomic E-state index is 14.3. The van der Waals surface area contributed by atoms with Gasteiger partial charge in [-0.2, -0.15) is 0 Å². The van der Waals surface area contributed by atoms with Gasteiger partial charge in [-0.05, 0) is 104 Å². The Kier molecular flexibility index (Phi) is 18.2. The van der Waals surface area contributed by atoms with E-state index in [2.05, 4.69) is 21.3 Å². The maximum absolute atomic E-state index is 14.3. The number of fused-ring (bicyclic) bond motifs is 3. The van der Waals surface area contributed by atoms with Gasteiger partial charge in [-0.25, -0.2) is 14.4 Å². The number of rotatable bonds is 21. The van der Waals surface area contributed by atoms with Crippen molar-refractivity contribution in [3.8, 4) is 16.9 Å². The van der Waals surface area contributed by atoms with Gasteiger partial charge in [0.1, 0.15) is 43.2 Å². The summed E-state index contributed by atoms with van der Waals surface area (Å²) in [6.07, 6.45) is 0.405. The van der Waals surface area contributed by atoms with Crippen LogP contribution in [0.4, 0.5) is 25.8 Å². The van der Waals surface area contributed by atoms with Crippen LogP contribution in [0.3, 0.4) is 0 Å². The van der Waals surface area contributed by atoms with E-state index in [1.807, 2.05) is 48.5 Å². The average Bonchev–Trinajstić information content (AvgIpc) is 3.84. The monoisotopic (exact) mass is 1020 g/mol. The second kappa shape index (κ2) is 24.7. The Morgan fingerprint density at radius 3 is 2.04 bits per heavy atom. The maximum Gasteiger partial charge on any atom is 0.514 e. The number of ether oxygens (including phenoxy) is 4. The number of amides is 7. The van der Waals surface area contributed by atoms with Crippen molar-refractivity contribution in [3.63, 3.8) is 0 Å². The van der Waals surface area contributed by atoms with Gasteiger partial charge in [-0.15, -0.1) is 0 Å². The number of imide groups is 1. The van der Waals surface area contributed by atoms with Crippen LogP contribution in [0.5, 0.6) is 5.75 Å². The number of alkyl carbamates (subject to hydrolysis) is 1. The lowest BCUT2D eigenvalue weighted by atomic mass is 9.98. The normalized spacial score (nSPS) is 13.5. The standard InChI is InChI=1S/C53H59N7O14/c1-32(2)47(57-44(61)29-59-45(62)24-25-46(59)63)49(65)56-43(17-11-12-26-54-50(66)74-53(3,4)5)48(64)55-35-19-18-33(30-72-52(68)73-37-22-20-36(21-23-37)60(69)70)34(27-35)28-58(6)51(67)71-31-42-40-15-9-7-13-38(40)39-14-8-10-16-41(39)42/h7-10,13-16,18-25,27,32,42-43,47H,11-12,17,26,28-31H2,1-6H3,(H,54,66)(H,55,64)(H,56,65)(H,57,61)/t43-,47-/m0/s1. The SMILES string of the molecule is CC(C)[C@H](NC(=O)CN1C(=O)C=CC1=O)C(=O)N[C@@H](CCCCNC(=O)OC(C)(C)C)C(=O)Nc1ccc(COC(=O)Oc2ccc([N+](=O)[O-])cc2)c(CN(C)C(=O)OCC2c3ccccc3-c3ccccc32)c1. The number of unbranched alkanes of at least 4 members (excludes halogenated alkanes) is 1. The summed E-state index contributed by atoms with van der Waals surface area (Å²) in [4.78, 5) is 117. The number of carbonyl (C=O) groups excluding carboxylic acids is 8. The molecule has 0 saturated heterocycles. The van der Waals surface area contributed by atoms with Crippen LogP contribution >= 0.6 is 0 Å². The number of hydrogen-bond acceptors (Lipinski definition) is 14. The molecule has 390 valence electrons. The summed E-state index contributed by atoms with van der Waals surface area (Å²) in [6.45, 7) is 7.63. The molecule has 4 N–H and O–H groups in total. The summed E-state index contributed by atoms with van der Waals surface area (Å²) in [7, 11) is 1.52. The van der Waals surface area contributed by atoms with Gasteiger partial charge in [-0.3, -0.25) is 39.0 Å². The van der Waals surface area contributed by atoms with Crippen molar-refractivity contribution in [1.29, 1.82) is 0 Å². The Bertz CT molecular complexity index is 2740. The van der Waals surface area contributed by atoms with Crippen LogP contribution in [-0.4, -0.2) is 107 Å². The largest absolute Gasteiger partial charge is 0.514 e. The lowest BCUT2D eigenvalue weighted by Crippen LogP contribution is -2.56. The van der Waals surface area contributed by atoms with E-state index >= 15 is 0 Å². The van der Waals surface area contributed by atoms with Gasteiger partial charge in [0.15, 0.2) is 0 Å². The van der Waals surface area contributed by atoms with E-state index < -0.39 is 82.9 Å². The van der Waals surface area contributed by atoms with Crippen LogP contribution in [0.25, 0.3) is 11.1 Å².